The Morgan fingerprint density at radius 1 is 1.12 bits per heavy atom. The van der Waals surface area contributed by atoms with Gasteiger partial charge in [0.1, 0.15) is 0 Å². The molecule has 0 heterocycles. The lowest BCUT2D eigenvalue weighted by molar-refractivity contribution is 0.252. The van der Waals surface area contributed by atoms with E-state index >= 15 is 0 Å². The van der Waals surface area contributed by atoms with E-state index in [0.29, 0.717) is 17.0 Å². The van der Waals surface area contributed by atoms with Crippen LogP contribution in [0.15, 0.2) is 65.8 Å². The van der Waals surface area contributed by atoms with Gasteiger partial charge >= 0.3 is 6.03 Å². The maximum absolute atomic E-state index is 12.0. The minimum Gasteiger partial charge on any atom is -0.504 e. The fraction of sp³-hybridized carbons (Fsp3) is 0.0526. The second-order valence-electron chi connectivity index (χ2n) is 5.28. The predicted molar refractivity (Wildman–Crippen MR) is 98.4 cm³/mol. The normalized spacial score (nSPS) is 10.8. The van der Waals surface area contributed by atoms with E-state index in [1.165, 1.54) is 19.4 Å². The third-order valence-corrected chi connectivity index (χ3v) is 3.62. The summed E-state index contributed by atoms with van der Waals surface area (Å²) in [5.41, 5.74) is 3.80. The molecule has 3 N–H and O–H groups in total. The molecule has 0 aliphatic heterocycles. The summed E-state index contributed by atoms with van der Waals surface area (Å²) < 4.78 is 5.02. The monoisotopic (exact) mass is 335 g/mol. The number of carbonyl (C=O) groups excluding carboxylic acids is 1. The summed E-state index contributed by atoms with van der Waals surface area (Å²) in [5, 5.41) is 18.2. The van der Waals surface area contributed by atoms with Crippen LogP contribution in [0.3, 0.4) is 0 Å². The number of aromatic hydroxyl groups is 1. The van der Waals surface area contributed by atoms with Gasteiger partial charge in [-0.3, -0.25) is 0 Å². The molecule has 0 aliphatic carbocycles. The van der Waals surface area contributed by atoms with Gasteiger partial charge in [-0.05, 0) is 35.2 Å². The zero-order chi connectivity index (χ0) is 17.6. The second kappa shape index (κ2) is 7.35. The Balaban J connectivity index is 1.66. The summed E-state index contributed by atoms with van der Waals surface area (Å²) in [6, 6.07) is 17.8. The van der Waals surface area contributed by atoms with Crippen LogP contribution in [0, 0.1) is 0 Å². The lowest BCUT2D eigenvalue weighted by Crippen LogP contribution is -2.24. The summed E-state index contributed by atoms with van der Waals surface area (Å²) in [6.45, 7) is 0. The third-order valence-electron chi connectivity index (χ3n) is 3.62. The van der Waals surface area contributed by atoms with Crippen LogP contribution in [0.1, 0.15) is 5.56 Å². The first kappa shape index (κ1) is 16.3. The van der Waals surface area contributed by atoms with Crippen molar-refractivity contribution in [1.29, 1.82) is 0 Å². The predicted octanol–water partition coefficient (Wildman–Crippen LogP) is 3.71. The summed E-state index contributed by atoms with van der Waals surface area (Å²) in [5.74, 6) is 0.380. The van der Waals surface area contributed by atoms with Crippen LogP contribution < -0.4 is 15.5 Å². The smallest absolute Gasteiger partial charge is 0.339 e. The molecule has 0 radical (unpaired) electrons. The van der Waals surface area contributed by atoms with Crippen molar-refractivity contribution in [1.82, 2.24) is 5.43 Å². The second-order valence-corrected chi connectivity index (χ2v) is 5.28. The molecule has 3 rings (SSSR count). The molecule has 2 amide bonds. The number of phenols is 1. The number of benzene rings is 3. The molecular weight excluding hydrogens is 318 g/mol. The molecule has 0 atom stereocenters. The highest BCUT2D eigenvalue weighted by Gasteiger charge is 2.04. The average molecular weight is 335 g/mol. The zero-order valence-corrected chi connectivity index (χ0v) is 13.6. The molecule has 0 aromatic heterocycles. The van der Waals surface area contributed by atoms with Gasteiger partial charge < -0.3 is 15.2 Å². The van der Waals surface area contributed by atoms with Crippen LogP contribution in [0.4, 0.5) is 10.5 Å². The molecule has 0 saturated heterocycles. The topological polar surface area (TPSA) is 83.0 Å². The molecule has 0 spiro atoms. The molecule has 0 saturated carbocycles. The van der Waals surface area contributed by atoms with Gasteiger partial charge in [-0.2, -0.15) is 5.10 Å². The Labute approximate surface area is 144 Å². The van der Waals surface area contributed by atoms with E-state index in [-0.39, 0.29) is 5.75 Å². The number of hydrogen-bond acceptors (Lipinski definition) is 4. The molecule has 0 bridgehead atoms. The fourth-order valence-corrected chi connectivity index (χ4v) is 2.42. The number of urea groups is 1. The number of fused-ring (bicyclic) bond motifs is 1. The Hall–Kier alpha value is -3.54. The number of hydrazone groups is 1. The highest BCUT2D eigenvalue weighted by Crippen LogP contribution is 2.25. The van der Waals surface area contributed by atoms with Crippen molar-refractivity contribution in [2.75, 3.05) is 12.4 Å². The first-order valence-corrected chi connectivity index (χ1v) is 7.62. The SMILES string of the molecule is COc1cc(/C=N/NC(=O)Nc2cccc3ccccc23)ccc1O. The van der Waals surface area contributed by atoms with Crippen LogP contribution in [0.5, 0.6) is 11.5 Å². The molecule has 0 fully saturated rings. The van der Waals surface area contributed by atoms with Crippen molar-refractivity contribution in [2.45, 2.75) is 0 Å². The number of carbonyl (C=O) groups is 1. The maximum Gasteiger partial charge on any atom is 0.339 e. The molecule has 6 heteroatoms. The number of ether oxygens (including phenoxy) is 1. The van der Waals surface area contributed by atoms with Crippen LogP contribution in [0.25, 0.3) is 10.8 Å². The van der Waals surface area contributed by atoms with Gasteiger partial charge in [0.15, 0.2) is 11.5 Å². The van der Waals surface area contributed by atoms with Crippen molar-refractivity contribution >= 4 is 28.7 Å². The quantitative estimate of drug-likeness (QED) is 0.502. The van der Waals surface area contributed by atoms with Crippen molar-refractivity contribution in [2.24, 2.45) is 5.10 Å². The lowest BCUT2D eigenvalue weighted by Gasteiger charge is -2.08. The number of nitrogens with zero attached hydrogens (tertiary/aromatic N) is 1. The molecule has 3 aromatic rings. The van der Waals surface area contributed by atoms with E-state index in [1.54, 1.807) is 12.1 Å². The summed E-state index contributed by atoms with van der Waals surface area (Å²) in [6.07, 6.45) is 1.46. The van der Waals surface area contributed by atoms with Gasteiger partial charge in [0, 0.05) is 5.39 Å². The van der Waals surface area contributed by atoms with Crippen molar-refractivity contribution in [3.63, 3.8) is 0 Å². The van der Waals surface area contributed by atoms with Crippen LogP contribution in [-0.4, -0.2) is 24.5 Å². The van der Waals surface area contributed by atoms with E-state index in [0.717, 1.165) is 10.8 Å². The Morgan fingerprint density at radius 2 is 1.92 bits per heavy atom. The number of rotatable bonds is 4. The Bertz CT molecular complexity index is 933. The van der Waals surface area contributed by atoms with Crippen molar-refractivity contribution in [3.05, 3.63) is 66.2 Å². The first-order chi connectivity index (χ1) is 12.2. The number of phenolic OH excluding ortho intramolecular Hbond substituents is 1. The number of nitrogens with one attached hydrogen (secondary N) is 2. The largest absolute Gasteiger partial charge is 0.504 e. The van der Waals surface area contributed by atoms with Gasteiger partial charge in [-0.1, -0.05) is 36.4 Å². The lowest BCUT2D eigenvalue weighted by atomic mass is 10.1. The number of amides is 2. The number of methoxy groups -OCH3 is 1. The summed E-state index contributed by atoms with van der Waals surface area (Å²) in [4.78, 5) is 12.0. The summed E-state index contributed by atoms with van der Waals surface area (Å²) in [7, 11) is 1.46. The van der Waals surface area contributed by atoms with Gasteiger partial charge in [0.25, 0.3) is 0 Å². The molecular formula is C19H17N3O3. The molecule has 25 heavy (non-hydrogen) atoms. The molecule has 0 aliphatic rings. The van der Waals surface area contributed by atoms with Gasteiger partial charge in [-0.15, -0.1) is 0 Å². The Kier molecular flexibility index (Phi) is 4.80. The molecule has 126 valence electrons. The zero-order valence-electron chi connectivity index (χ0n) is 13.6. The average Bonchev–Trinajstić information content (AvgIpc) is 2.63. The molecule has 3 aromatic carbocycles. The van der Waals surface area contributed by atoms with E-state index in [9.17, 15) is 9.90 Å². The van der Waals surface area contributed by atoms with Crippen LogP contribution in [0.2, 0.25) is 0 Å². The van der Waals surface area contributed by atoms with Gasteiger partial charge in [-0.25, -0.2) is 10.2 Å². The minimum absolute atomic E-state index is 0.0429. The fourth-order valence-electron chi connectivity index (χ4n) is 2.42. The van der Waals surface area contributed by atoms with Crippen LogP contribution in [-0.2, 0) is 0 Å². The van der Waals surface area contributed by atoms with Crippen molar-refractivity contribution in [3.8, 4) is 11.5 Å². The van der Waals surface area contributed by atoms with Crippen LogP contribution >= 0.6 is 0 Å². The third kappa shape index (κ3) is 3.87. The highest BCUT2D eigenvalue weighted by atomic mass is 16.5. The first-order valence-electron chi connectivity index (χ1n) is 7.62. The molecule has 6 nitrogen and oxygen atoms in total. The van der Waals surface area contributed by atoms with E-state index < -0.39 is 6.03 Å². The van der Waals surface area contributed by atoms with E-state index in [2.05, 4.69) is 15.8 Å². The van der Waals surface area contributed by atoms with Gasteiger partial charge in [0.2, 0.25) is 0 Å². The van der Waals surface area contributed by atoms with E-state index in [4.69, 9.17) is 4.74 Å². The standard InChI is InChI=1S/C19H17N3O3/c1-25-18-11-13(9-10-17(18)23)12-20-22-19(24)21-16-8-4-6-14-5-2-3-7-15(14)16/h2-12,23H,1H3,(H2,21,22,24)/b20-12+. The number of hydrogen-bond donors (Lipinski definition) is 3. The molecule has 0 unspecified atom stereocenters. The number of anilines is 1. The van der Waals surface area contributed by atoms with Crippen molar-refractivity contribution < 1.29 is 14.6 Å². The maximum atomic E-state index is 12.0. The van der Waals surface area contributed by atoms with Gasteiger partial charge in [0.05, 0.1) is 19.0 Å². The minimum atomic E-state index is -0.446. The highest BCUT2D eigenvalue weighted by molar-refractivity contribution is 6.01. The summed E-state index contributed by atoms with van der Waals surface area (Å²) >= 11 is 0. The Morgan fingerprint density at radius 3 is 2.76 bits per heavy atom. The van der Waals surface area contributed by atoms with E-state index in [1.807, 2.05) is 42.5 Å².